The molecule has 0 amide bonds. The summed E-state index contributed by atoms with van der Waals surface area (Å²) in [6.07, 6.45) is 0. The molecule has 10 rings (SSSR count). The van der Waals surface area contributed by atoms with Crippen LogP contribution >= 0.6 is 0 Å². The summed E-state index contributed by atoms with van der Waals surface area (Å²) in [7, 11) is 0. The third kappa shape index (κ3) is 0.0280. The maximum atomic E-state index is 1.59. The predicted molar refractivity (Wildman–Crippen MR) is 37.5 cm³/mol. The Morgan fingerprint density at radius 2 is 0.583 bits per heavy atom. The maximum absolute atomic E-state index is 2.28. The average Bonchev–Trinajstić information content (AvgIpc) is 3.01. The first-order valence-electron chi connectivity index (χ1n) is 5.37. The van der Waals surface area contributed by atoms with Gasteiger partial charge in [-0.15, -0.1) is 0 Å². The molecule has 0 aromatic heterocycles. The predicted octanol–water partition coefficient (Wildman–Crippen LogP) is 3.37. The molecule has 0 saturated carbocycles. The molecule has 2 heteroatoms. The van der Waals surface area contributed by atoms with E-state index in [-0.39, 0.29) is 18.6 Å². The van der Waals surface area contributed by atoms with Gasteiger partial charge in [-0.1, -0.05) is 0 Å². The molecule has 0 aromatic carbocycles. The van der Waals surface area contributed by atoms with Gasteiger partial charge in [0.2, 0.25) is 0 Å². The van der Waals surface area contributed by atoms with Gasteiger partial charge in [-0.25, -0.2) is 0 Å². The van der Waals surface area contributed by atoms with Crippen molar-refractivity contribution < 1.29 is 25.1 Å². The van der Waals surface area contributed by atoms with Gasteiger partial charge in [0.15, 0.2) is 0 Å². The molecule has 10 fully saturated rings. The molecule has 10 heterocycles. The Kier molecular flexibility index (Phi) is 0.0926. The fourth-order valence-corrected chi connectivity index (χ4v) is 88.0. The Morgan fingerprint density at radius 3 is 0.583 bits per heavy atom. The SMILES string of the molecule is [CH]12[CH]3[CH]4[CH]5[CH]1[Fe]23451678[CH]2[CH]1[CH]6[CH]7[CH]28.[V]. The smallest absolute Gasteiger partial charge is 0 e. The second-order valence-corrected chi connectivity index (χ2v) is 33.5. The molecule has 0 unspecified atom stereocenters. The molecular formula is C10H10FeV. The molecule has 10 aliphatic rings. The molecule has 0 nitrogen and oxygen atoms in total. The van der Waals surface area contributed by atoms with E-state index in [1.54, 1.807) is 48.2 Å². The molecular weight excluding hydrogens is 227 g/mol. The summed E-state index contributed by atoms with van der Waals surface area (Å²) < 4.78 is 0. The number of hydrogen-bond donors (Lipinski definition) is 0. The van der Waals surface area contributed by atoms with Crippen molar-refractivity contribution in [2.75, 3.05) is 0 Å². The van der Waals surface area contributed by atoms with Crippen LogP contribution in [0.25, 0.3) is 0 Å². The van der Waals surface area contributed by atoms with E-state index in [4.69, 9.17) is 0 Å². The zero-order chi connectivity index (χ0) is 6.09. The van der Waals surface area contributed by atoms with E-state index in [1.165, 1.54) is 0 Å². The van der Waals surface area contributed by atoms with Crippen LogP contribution in [-0.2, 0) is 25.1 Å². The first-order valence-corrected chi connectivity index (χ1v) is 11.7. The van der Waals surface area contributed by atoms with Crippen LogP contribution in [0.3, 0.4) is 0 Å². The molecule has 0 aliphatic carbocycles. The topological polar surface area (TPSA) is 0 Å². The van der Waals surface area contributed by atoms with Gasteiger partial charge >= 0.3 is 54.7 Å². The van der Waals surface area contributed by atoms with E-state index in [0.717, 1.165) is 0 Å². The van der Waals surface area contributed by atoms with E-state index >= 15 is 0 Å². The van der Waals surface area contributed by atoms with Gasteiger partial charge in [-0.05, 0) is 0 Å². The fourth-order valence-electron chi connectivity index (χ4n) is 15.8. The van der Waals surface area contributed by atoms with Crippen molar-refractivity contribution in [1.82, 2.24) is 0 Å². The van der Waals surface area contributed by atoms with Crippen molar-refractivity contribution in [3.8, 4) is 0 Å². The van der Waals surface area contributed by atoms with Crippen molar-refractivity contribution in [2.45, 2.75) is 48.2 Å². The van der Waals surface area contributed by atoms with Gasteiger partial charge in [0.1, 0.15) is 0 Å². The monoisotopic (exact) mass is 237 g/mol. The summed E-state index contributed by atoms with van der Waals surface area (Å²) in [5.74, 6) is 0. The summed E-state index contributed by atoms with van der Waals surface area (Å²) in [6, 6.07) is 0. The Bertz CT molecular complexity index is 577. The number of rotatable bonds is 0. The fraction of sp³-hybridized carbons (Fsp3) is 1.00. The van der Waals surface area contributed by atoms with Gasteiger partial charge in [0, 0.05) is 18.6 Å². The summed E-state index contributed by atoms with van der Waals surface area (Å²) in [5.41, 5.74) is 0. The summed E-state index contributed by atoms with van der Waals surface area (Å²) >= 11 is 0. The summed E-state index contributed by atoms with van der Waals surface area (Å²) in [4.78, 5) is 15.9. The van der Waals surface area contributed by atoms with Crippen LogP contribution in [0.2, 0.25) is 48.2 Å². The van der Waals surface area contributed by atoms with E-state index in [2.05, 4.69) is 0 Å². The van der Waals surface area contributed by atoms with Crippen LogP contribution in [0, 0.1) is 0 Å². The van der Waals surface area contributed by atoms with Crippen LogP contribution in [-0.4, -0.2) is 0 Å². The van der Waals surface area contributed by atoms with Crippen molar-refractivity contribution in [3.63, 3.8) is 0 Å². The number of hydrogen-bond acceptors (Lipinski definition) is 0. The van der Waals surface area contributed by atoms with E-state index in [0.29, 0.717) is 0 Å². The second kappa shape index (κ2) is 0.258. The minimum atomic E-state index is -2.28. The van der Waals surface area contributed by atoms with Gasteiger partial charge in [0.25, 0.3) is 0 Å². The molecule has 0 aromatic rings. The molecule has 12 heavy (non-hydrogen) atoms. The van der Waals surface area contributed by atoms with Gasteiger partial charge in [-0.2, -0.15) is 0 Å². The number of fused-ring (bicyclic) bond motifs is 10. The van der Waals surface area contributed by atoms with E-state index in [1.807, 2.05) is 0 Å². The first-order chi connectivity index (χ1) is 5.16. The molecule has 1 spiro atoms. The second-order valence-electron chi connectivity index (χ2n) is 9.58. The normalized spacial score (nSPS) is 157. The minimum absolute atomic E-state index is 0. The molecule has 63 valence electrons. The first kappa shape index (κ1) is 4.31. The van der Waals surface area contributed by atoms with Crippen LogP contribution in [0.4, 0.5) is 0 Å². The molecule has 10 aliphatic heterocycles. The zero-order valence-electron chi connectivity index (χ0n) is 6.57. The van der Waals surface area contributed by atoms with E-state index < -0.39 is 6.51 Å². The maximum Gasteiger partial charge on any atom is 0 e. The summed E-state index contributed by atoms with van der Waals surface area (Å²) in [6.45, 7) is -2.28. The minimum Gasteiger partial charge on any atom is 0 e. The van der Waals surface area contributed by atoms with Crippen molar-refractivity contribution in [1.29, 1.82) is 0 Å². The van der Waals surface area contributed by atoms with Crippen LogP contribution in [0.15, 0.2) is 0 Å². The third-order valence-electron chi connectivity index (χ3n) is 14.5. The van der Waals surface area contributed by atoms with Gasteiger partial charge in [0.05, 0.1) is 0 Å². The van der Waals surface area contributed by atoms with Crippen molar-refractivity contribution in [3.05, 3.63) is 0 Å². The Labute approximate surface area is 73.0 Å². The van der Waals surface area contributed by atoms with Crippen molar-refractivity contribution >= 4 is 0 Å². The Hall–Kier alpha value is 1.10. The molecule has 10 saturated heterocycles. The van der Waals surface area contributed by atoms with Crippen LogP contribution in [0.1, 0.15) is 0 Å². The van der Waals surface area contributed by atoms with Crippen molar-refractivity contribution in [2.24, 2.45) is 0 Å². The largest absolute Gasteiger partial charge is 0 e. The third-order valence-corrected chi connectivity index (χ3v) is 56.5. The summed E-state index contributed by atoms with van der Waals surface area (Å²) in [5, 5.41) is 0. The molecule has 1 radical (unpaired) electrons. The average molecular weight is 237 g/mol. The molecule has 0 bridgehead atoms. The zero-order valence-corrected chi connectivity index (χ0v) is 9.08. The van der Waals surface area contributed by atoms with Crippen LogP contribution in [0.5, 0.6) is 0 Å². The molecule has 0 atom stereocenters. The van der Waals surface area contributed by atoms with Gasteiger partial charge in [-0.3, -0.25) is 0 Å². The Morgan fingerprint density at radius 1 is 0.417 bits per heavy atom. The van der Waals surface area contributed by atoms with Gasteiger partial charge < -0.3 is 0 Å². The molecule has 0 N–H and O–H groups in total. The Balaban J connectivity index is 0.000000400. The standard InChI is InChI=1S/2C5H5.Fe.V/c2*1-2-4-5-3-1;;/h2*1-5H;;. The van der Waals surface area contributed by atoms with E-state index in [9.17, 15) is 0 Å². The van der Waals surface area contributed by atoms with Crippen LogP contribution < -0.4 is 0 Å². The quantitative estimate of drug-likeness (QED) is 0.566.